The minimum absolute atomic E-state index is 0.0987. The number of ether oxygens (including phenoxy) is 2. The lowest BCUT2D eigenvalue weighted by molar-refractivity contribution is -0.120. The zero-order valence-electron chi connectivity index (χ0n) is 10.5. The summed E-state index contributed by atoms with van der Waals surface area (Å²) in [6.45, 7) is 2.36. The van der Waals surface area contributed by atoms with Crippen LogP contribution < -0.4 is 14.9 Å². The van der Waals surface area contributed by atoms with Crippen LogP contribution in [0.1, 0.15) is 25.3 Å². The van der Waals surface area contributed by atoms with Crippen LogP contribution in [0, 0.1) is 0 Å². The molecule has 0 aromatic heterocycles. The van der Waals surface area contributed by atoms with E-state index < -0.39 is 0 Å². The summed E-state index contributed by atoms with van der Waals surface area (Å²) in [7, 11) is 1.61. The van der Waals surface area contributed by atoms with Crippen molar-refractivity contribution in [2.75, 3.05) is 13.7 Å². The van der Waals surface area contributed by atoms with Gasteiger partial charge in [-0.15, -0.1) is 0 Å². The van der Waals surface area contributed by atoms with Crippen LogP contribution in [0.15, 0.2) is 23.3 Å². The summed E-state index contributed by atoms with van der Waals surface area (Å²) < 4.78 is 10.7. The summed E-state index contributed by atoms with van der Waals surface area (Å²) >= 11 is 0. The van der Waals surface area contributed by atoms with Crippen LogP contribution in [0.25, 0.3) is 0 Å². The van der Waals surface area contributed by atoms with Crippen molar-refractivity contribution in [1.82, 2.24) is 5.43 Å². The van der Waals surface area contributed by atoms with Crippen LogP contribution in [-0.2, 0) is 4.79 Å². The molecule has 0 atom stereocenters. The van der Waals surface area contributed by atoms with Crippen LogP contribution in [0.2, 0.25) is 0 Å². The molecule has 1 N–H and O–H groups in total. The molecule has 1 aromatic rings. The van der Waals surface area contributed by atoms with Crippen molar-refractivity contribution in [3.8, 4) is 11.5 Å². The Morgan fingerprint density at radius 2 is 2.39 bits per heavy atom. The van der Waals surface area contributed by atoms with Gasteiger partial charge in [-0.1, -0.05) is 6.92 Å². The van der Waals surface area contributed by atoms with E-state index in [-0.39, 0.29) is 5.91 Å². The van der Waals surface area contributed by atoms with Crippen LogP contribution in [0.3, 0.4) is 0 Å². The van der Waals surface area contributed by atoms with Crippen LogP contribution in [0.5, 0.6) is 11.5 Å². The van der Waals surface area contributed by atoms with Crippen LogP contribution in [0.4, 0.5) is 0 Å². The number of nitrogens with one attached hydrogen (secondary N) is 1. The average molecular weight is 248 g/mol. The fraction of sp³-hybridized carbons (Fsp3) is 0.385. The summed E-state index contributed by atoms with van der Waals surface area (Å²) in [6.07, 6.45) is 1.09. The third kappa shape index (κ3) is 2.61. The average Bonchev–Trinajstić information content (AvgIpc) is 2.43. The Kier molecular flexibility index (Phi) is 3.82. The molecule has 2 rings (SSSR count). The van der Waals surface area contributed by atoms with E-state index in [4.69, 9.17) is 9.47 Å². The van der Waals surface area contributed by atoms with Gasteiger partial charge in [-0.3, -0.25) is 4.79 Å². The Balaban J connectivity index is 2.28. The van der Waals surface area contributed by atoms with Gasteiger partial charge in [0.15, 0.2) is 0 Å². The Morgan fingerprint density at radius 3 is 3.11 bits per heavy atom. The van der Waals surface area contributed by atoms with Crippen molar-refractivity contribution in [3.05, 3.63) is 23.8 Å². The van der Waals surface area contributed by atoms with Gasteiger partial charge >= 0.3 is 0 Å². The number of carbonyl (C=O) groups excluding carboxylic acids is 1. The lowest BCUT2D eigenvalue weighted by atomic mass is 10.0. The molecule has 0 bridgehead atoms. The lowest BCUT2D eigenvalue weighted by Crippen LogP contribution is -2.22. The highest BCUT2D eigenvalue weighted by Gasteiger charge is 2.17. The van der Waals surface area contributed by atoms with E-state index in [2.05, 4.69) is 10.5 Å². The third-order valence-electron chi connectivity index (χ3n) is 2.73. The smallest absolute Gasteiger partial charge is 0.239 e. The molecule has 5 nitrogen and oxygen atoms in total. The van der Waals surface area contributed by atoms with Crippen LogP contribution >= 0.6 is 0 Å². The van der Waals surface area contributed by atoms with Gasteiger partial charge in [-0.25, -0.2) is 5.43 Å². The summed E-state index contributed by atoms with van der Waals surface area (Å²) in [5, 5.41) is 4.15. The summed E-state index contributed by atoms with van der Waals surface area (Å²) in [5.74, 6) is 1.42. The molecule has 0 spiro atoms. The van der Waals surface area contributed by atoms with E-state index in [0.29, 0.717) is 19.4 Å². The molecule has 96 valence electrons. The molecule has 0 radical (unpaired) electrons. The quantitative estimate of drug-likeness (QED) is 0.828. The predicted octanol–water partition coefficient (Wildman–Crippen LogP) is 1.71. The van der Waals surface area contributed by atoms with Gasteiger partial charge < -0.3 is 9.47 Å². The zero-order valence-corrected chi connectivity index (χ0v) is 10.5. The molecular formula is C13H16N2O3. The van der Waals surface area contributed by atoms with Gasteiger partial charge in [0, 0.05) is 18.4 Å². The Hall–Kier alpha value is -2.04. The number of methoxy groups -OCH3 is 1. The molecule has 1 aliphatic heterocycles. The highest BCUT2D eigenvalue weighted by Crippen LogP contribution is 2.28. The predicted molar refractivity (Wildman–Crippen MR) is 68.1 cm³/mol. The second kappa shape index (κ2) is 5.53. The fourth-order valence-corrected chi connectivity index (χ4v) is 1.70. The number of hydrazone groups is 1. The van der Waals surface area contributed by atoms with Gasteiger partial charge in [0.25, 0.3) is 0 Å². The number of hydrogen-bond acceptors (Lipinski definition) is 4. The van der Waals surface area contributed by atoms with Crippen molar-refractivity contribution in [3.63, 3.8) is 0 Å². The van der Waals surface area contributed by atoms with Crippen molar-refractivity contribution in [2.24, 2.45) is 5.10 Å². The summed E-state index contributed by atoms with van der Waals surface area (Å²) in [5.41, 5.74) is 4.22. The molecule has 0 saturated heterocycles. The molecule has 0 unspecified atom stereocenters. The van der Waals surface area contributed by atoms with E-state index in [1.807, 2.05) is 18.2 Å². The molecule has 18 heavy (non-hydrogen) atoms. The highest BCUT2D eigenvalue weighted by molar-refractivity contribution is 6.04. The van der Waals surface area contributed by atoms with Gasteiger partial charge in [0.1, 0.15) is 11.5 Å². The monoisotopic (exact) mass is 248 g/mol. The lowest BCUT2D eigenvalue weighted by Gasteiger charge is -2.19. The van der Waals surface area contributed by atoms with Crippen LogP contribution in [-0.4, -0.2) is 25.3 Å². The summed E-state index contributed by atoms with van der Waals surface area (Å²) in [4.78, 5) is 11.2. The fourth-order valence-electron chi connectivity index (χ4n) is 1.70. The maximum absolute atomic E-state index is 11.2. The molecule has 5 heteroatoms. The molecular weight excluding hydrogens is 232 g/mol. The molecule has 1 amide bonds. The minimum Gasteiger partial charge on any atom is -0.497 e. The number of benzene rings is 1. The number of rotatable bonds is 3. The normalized spacial score (nSPS) is 15.8. The number of nitrogens with zero attached hydrogens (tertiary/aromatic N) is 1. The number of fused-ring (bicyclic) bond motifs is 1. The molecule has 0 fully saturated rings. The maximum Gasteiger partial charge on any atom is 0.239 e. The van der Waals surface area contributed by atoms with Crippen molar-refractivity contribution in [2.45, 2.75) is 19.8 Å². The Bertz CT molecular complexity index is 483. The molecule has 1 aliphatic rings. The Labute approximate surface area is 106 Å². The van der Waals surface area contributed by atoms with Crippen molar-refractivity contribution >= 4 is 11.6 Å². The zero-order chi connectivity index (χ0) is 13.0. The number of hydrogen-bond donors (Lipinski definition) is 1. The second-order valence-electron chi connectivity index (χ2n) is 3.91. The first kappa shape index (κ1) is 12.4. The first-order chi connectivity index (χ1) is 8.74. The Morgan fingerprint density at radius 1 is 1.56 bits per heavy atom. The molecule has 1 heterocycles. The molecule has 0 saturated carbocycles. The van der Waals surface area contributed by atoms with Gasteiger partial charge in [0.05, 0.1) is 19.4 Å². The van der Waals surface area contributed by atoms with E-state index >= 15 is 0 Å². The second-order valence-corrected chi connectivity index (χ2v) is 3.91. The summed E-state index contributed by atoms with van der Waals surface area (Å²) in [6, 6.07) is 5.56. The standard InChI is InChI=1S/C13H16N2O3/c1-3-13(16)15-14-11-6-7-18-12-5-4-9(17-2)8-10(11)12/h4-5,8H,3,6-7H2,1-2H3,(H,15,16). The van der Waals surface area contributed by atoms with Gasteiger partial charge in [0.2, 0.25) is 5.91 Å². The van der Waals surface area contributed by atoms with Crippen molar-refractivity contribution in [1.29, 1.82) is 0 Å². The molecule has 1 aromatic carbocycles. The van der Waals surface area contributed by atoms with E-state index in [9.17, 15) is 4.79 Å². The first-order valence-electron chi connectivity index (χ1n) is 5.91. The topological polar surface area (TPSA) is 59.9 Å². The van der Waals surface area contributed by atoms with Gasteiger partial charge in [-0.05, 0) is 18.2 Å². The molecule has 0 aliphatic carbocycles. The third-order valence-corrected chi connectivity index (χ3v) is 2.73. The highest BCUT2D eigenvalue weighted by atomic mass is 16.5. The first-order valence-corrected chi connectivity index (χ1v) is 5.91. The minimum atomic E-state index is -0.0987. The van der Waals surface area contributed by atoms with E-state index in [1.165, 1.54) is 0 Å². The van der Waals surface area contributed by atoms with Gasteiger partial charge in [-0.2, -0.15) is 5.10 Å². The number of amides is 1. The van der Waals surface area contributed by atoms with E-state index in [1.54, 1.807) is 14.0 Å². The number of carbonyl (C=O) groups is 1. The van der Waals surface area contributed by atoms with Crippen molar-refractivity contribution < 1.29 is 14.3 Å². The SMILES string of the molecule is CCC(=O)NN=C1CCOc2ccc(OC)cc21. The van der Waals surface area contributed by atoms with E-state index in [0.717, 1.165) is 22.8 Å². The largest absolute Gasteiger partial charge is 0.497 e. The maximum atomic E-state index is 11.2.